The first-order chi connectivity index (χ1) is 15.5. The lowest BCUT2D eigenvalue weighted by Gasteiger charge is -2.28. The van der Waals surface area contributed by atoms with E-state index in [2.05, 4.69) is 5.32 Å². The van der Waals surface area contributed by atoms with E-state index in [0.29, 0.717) is 25.2 Å². The molecule has 0 aliphatic carbocycles. The molecule has 0 saturated carbocycles. The van der Waals surface area contributed by atoms with Gasteiger partial charge in [-0.3, -0.25) is 9.59 Å². The van der Waals surface area contributed by atoms with Crippen molar-refractivity contribution in [2.75, 3.05) is 25.1 Å². The molecule has 1 N–H and O–H groups in total. The van der Waals surface area contributed by atoms with Crippen LogP contribution in [0.5, 0.6) is 5.75 Å². The van der Waals surface area contributed by atoms with E-state index < -0.39 is 6.04 Å². The Bertz CT molecular complexity index is 958. The number of urea groups is 1. The molecule has 7 nitrogen and oxygen atoms in total. The number of nitrogens with zero attached hydrogens (tertiary/aromatic N) is 2. The van der Waals surface area contributed by atoms with Crippen LogP contribution >= 0.6 is 0 Å². The Morgan fingerprint density at radius 1 is 1.16 bits per heavy atom. The van der Waals surface area contributed by atoms with Gasteiger partial charge >= 0.3 is 6.03 Å². The molecule has 1 aliphatic heterocycles. The number of amides is 4. The molecular formula is C25H31N3O4. The fourth-order valence-electron chi connectivity index (χ4n) is 3.85. The average molecular weight is 438 g/mol. The van der Waals surface area contributed by atoms with Gasteiger partial charge in [-0.15, -0.1) is 0 Å². The van der Waals surface area contributed by atoms with Crippen molar-refractivity contribution in [3.8, 4) is 5.75 Å². The quantitative estimate of drug-likeness (QED) is 0.479. The van der Waals surface area contributed by atoms with Gasteiger partial charge in [-0.25, -0.2) is 9.69 Å². The van der Waals surface area contributed by atoms with Crippen LogP contribution in [0.2, 0.25) is 0 Å². The molecule has 0 unspecified atom stereocenters. The smallest absolute Gasteiger partial charge is 0.318 e. The molecule has 0 bridgehead atoms. The lowest BCUT2D eigenvalue weighted by atomic mass is 10.1. The first kappa shape index (κ1) is 23.3. The minimum absolute atomic E-state index is 0.0279. The fraction of sp³-hybridized carbons (Fsp3) is 0.400. The van der Waals surface area contributed by atoms with E-state index in [0.717, 1.165) is 29.7 Å². The van der Waals surface area contributed by atoms with Gasteiger partial charge in [0.15, 0.2) is 0 Å². The standard InChI is InChI=1S/C25H31N3O4/c1-4-5-15-26-25(31)27(16-14-19-8-6-7-9-22(19)32-3)21-17-23(29)28(24(21)30)20-12-10-18(2)11-13-20/h6-13,21H,4-5,14-17H2,1-3H3,(H,26,31)/t21-/m0/s1. The minimum atomic E-state index is -0.833. The van der Waals surface area contributed by atoms with Crippen LogP contribution in [0.3, 0.4) is 0 Å². The van der Waals surface area contributed by atoms with Gasteiger partial charge in [-0.1, -0.05) is 49.2 Å². The summed E-state index contributed by atoms with van der Waals surface area (Å²) in [4.78, 5) is 41.8. The van der Waals surface area contributed by atoms with Gasteiger partial charge in [0, 0.05) is 13.1 Å². The second kappa shape index (κ2) is 10.8. The maximum atomic E-state index is 13.3. The van der Waals surface area contributed by atoms with Crippen molar-refractivity contribution >= 4 is 23.5 Å². The van der Waals surface area contributed by atoms with Crippen molar-refractivity contribution in [1.82, 2.24) is 10.2 Å². The number of imide groups is 1. The number of para-hydroxylation sites is 1. The summed E-state index contributed by atoms with van der Waals surface area (Å²) in [5.41, 5.74) is 2.51. The lowest BCUT2D eigenvalue weighted by Crippen LogP contribution is -2.50. The number of rotatable bonds is 9. The predicted octanol–water partition coefficient (Wildman–Crippen LogP) is 3.69. The normalized spacial score (nSPS) is 15.7. The summed E-state index contributed by atoms with van der Waals surface area (Å²) in [6.45, 7) is 4.81. The van der Waals surface area contributed by atoms with E-state index in [1.807, 2.05) is 50.2 Å². The second-order valence-corrected chi connectivity index (χ2v) is 7.96. The highest BCUT2D eigenvalue weighted by Gasteiger charge is 2.44. The Balaban J connectivity index is 1.82. The maximum Gasteiger partial charge on any atom is 0.318 e. The van der Waals surface area contributed by atoms with E-state index in [1.54, 1.807) is 19.2 Å². The van der Waals surface area contributed by atoms with Gasteiger partial charge in [0.2, 0.25) is 5.91 Å². The molecule has 1 aliphatic rings. The highest BCUT2D eigenvalue weighted by molar-refractivity contribution is 6.23. The van der Waals surface area contributed by atoms with Gasteiger partial charge < -0.3 is 15.0 Å². The molecule has 7 heteroatoms. The molecule has 1 saturated heterocycles. The van der Waals surface area contributed by atoms with Crippen LogP contribution in [0.25, 0.3) is 0 Å². The monoisotopic (exact) mass is 437 g/mol. The Hall–Kier alpha value is -3.35. The third-order valence-electron chi connectivity index (χ3n) is 5.67. The number of nitrogens with one attached hydrogen (secondary N) is 1. The van der Waals surface area contributed by atoms with Gasteiger partial charge in [0.25, 0.3) is 5.91 Å². The van der Waals surface area contributed by atoms with E-state index >= 15 is 0 Å². The molecule has 0 radical (unpaired) electrons. The third kappa shape index (κ3) is 5.28. The van der Waals surface area contributed by atoms with Crippen LogP contribution in [0.1, 0.15) is 37.3 Å². The van der Waals surface area contributed by atoms with Crippen molar-refractivity contribution in [2.24, 2.45) is 0 Å². The summed E-state index contributed by atoms with van der Waals surface area (Å²) in [5.74, 6) is 0.0611. The molecule has 2 aromatic carbocycles. The largest absolute Gasteiger partial charge is 0.496 e. The van der Waals surface area contributed by atoms with E-state index in [-0.39, 0.29) is 24.3 Å². The van der Waals surface area contributed by atoms with Crippen LogP contribution in [-0.4, -0.2) is 49.0 Å². The number of hydrogen-bond donors (Lipinski definition) is 1. The zero-order chi connectivity index (χ0) is 23.1. The summed E-state index contributed by atoms with van der Waals surface area (Å²) >= 11 is 0. The minimum Gasteiger partial charge on any atom is -0.496 e. The van der Waals surface area contributed by atoms with Crippen LogP contribution in [0.4, 0.5) is 10.5 Å². The number of carbonyl (C=O) groups is 3. The molecule has 0 aromatic heterocycles. The van der Waals surface area contributed by atoms with Crippen LogP contribution in [0, 0.1) is 6.92 Å². The summed E-state index contributed by atoms with van der Waals surface area (Å²) < 4.78 is 5.42. The molecule has 2 aromatic rings. The van der Waals surface area contributed by atoms with Crippen molar-refractivity contribution in [3.63, 3.8) is 0 Å². The number of unbranched alkanes of at least 4 members (excludes halogenated alkanes) is 1. The predicted molar refractivity (Wildman–Crippen MR) is 124 cm³/mol. The van der Waals surface area contributed by atoms with Crippen molar-refractivity contribution in [2.45, 2.75) is 45.6 Å². The number of anilines is 1. The number of ether oxygens (including phenoxy) is 1. The summed E-state index contributed by atoms with van der Waals surface area (Å²) in [6.07, 6.45) is 2.27. The summed E-state index contributed by atoms with van der Waals surface area (Å²) in [7, 11) is 1.60. The Morgan fingerprint density at radius 2 is 1.88 bits per heavy atom. The summed E-state index contributed by atoms with van der Waals surface area (Å²) in [6, 6.07) is 13.7. The average Bonchev–Trinajstić information content (AvgIpc) is 3.08. The zero-order valence-electron chi connectivity index (χ0n) is 19.0. The lowest BCUT2D eigenvalue weighted by molar-refractivity contribution is -0.122. The SMILES string of the molecule is CCCCNC(=O)N(CCc1ccccc1OC)[C@H]1CC(=O)N(c2ccc(C)cc2)C1=O. The summed E-state index contributed by atoms with van der Waals surface area (Å²) in [5, 5.41) is 2.90. The number of benzene rings is 2. The molecule has 1 heterocycles. The topological polar surface area (TPSA) is 79.0 Å². The Kier molecular flexibility index (Phi) is 7.87. The third-order valence-corrected chi connectivity index (χ3v) is 5.67. The molecule has 0 spiro atoms. The van der Waals surface area contributed by atoms with Crippen molar-refractivity contribution in [3.05, 3.63) is 59.7 Å². The highest BCUT2D eigenvalue weighted by atomic mass is 16.5. The van der Waals surface area contributed by atoms with E-state index in [1.165, 1.54) is 9.80 Å². The first-order valence-corrected chi connectivity index (χ1v) is 11.1. The highest BCUT2D eigenvalue weighted by Crippen LogP contribution is 2.27. The Labute approximate surface area is 189 Å². The number of hydrogen-bond acceptors (Lipinski definition) is 4. The van der Waals surface area contributed by atoms with Gasteiger partial charge in [-0.05, 0) is 43.5 Å². The number of aryl methyl sites for hydroxylation is 1. The molecule has 3 rings (SSSR count). The molecule has 1 atom stereocenters. The van der Waals surface area contributed by atoms with Gasteiger partial charge in [0.1, 0.15) is 11.8 Å². The molecular weight excluding hydrogens is 406 g/mol. The van der Waals surface area contributed by atoms with E-state index in [4.69, 9.17) is 4.74 Å². The molecule has 1 fully saturated rings. The number of methoxy groups -OCH3 is 1. The van der Waals surface area contributed by atoms with E-state index in [9.17, 15) is 14.4 Å². The van der Waals surface area contributed by atoms with Crippen LogP contribution in [0.15, 0.2) is 48.5 Å². The van der Waals surface area contributed by atoms with Crippen LogP contribution in [-0.2, 0) is 16.0 Å². The van der Waals surface area contributed by atoms with Gasteiger partial charge in [0.05, 0.1) is 19.2 Å². The van der Waals surface area contributed by atoms with Gasteiger partial charge in [-0.2, -0.15) is 0 Å². The number of carbonyl (C=O) groups excluding carboxylic acids is 3. The zero-order valence-corrected chi connectivity index (χ0v) is 19.0. The maximum absolute atomic E-state index is 13.3. The first-order valence-electron chi connectivity index (χ1n) is 11.1. The Morgan fingerprint density at radius 3 is 2.56 bits per heavy atom. The van der Waals surface area contributed by atoms with Crippen molar-refractivity contribution in [1.29, 1.82) is 0 Å². The van der Waals surface area contributed by atoms with Crippen molar-refractivity contribution < 1.29 is 19.1 Å². The second-order valence-electron chi connectivity index (χ2n) is 7.96. The molecule has 170 valence electrons. The molecule has 4 amide bonds. The fourth-order valence-corrected chi connectivity index (χ4v) is 3.85. The molecule has 32 heavy (non-hydrogen) atoms. The van der Waals surface area contributed by atoms with Crippen LogP contribution < -0.4 is 15.0 Å².